The zero-order chi connectivity index (χ0) is 14.2. The third-order valence-electron chi connectivity index (χ3n) is 3.56. The summed E-state index contributed by atoms with van der Waals surface area (Å²) in [6, 6.07) is 7.52. The van der Waals surface area contributed by atoms with E-state index in [2.05, 4.69) is 22.2 Å². The first-order valence-corrected chi connectivity index (χ1v) is 7.62. The largest absolute Gasteiger partial charge is 0.492 e. The average molecular weight is 298 g/mol. The van der Waals surface area contributed by atoms with Crippen molar-refractivity contribution < 1.29 is 4.74 Å². The number of halogens is 1. The fourth-order valence-corrected chi connectivity index (χ4v) is 2.33. The van der Waals surface area contributed by atoms with Crippen molar-refractivity contribution in [2.45, 2.75) is 0 Å². The van der Waals surface area contributed by atoms with Gasteiger partial charge in [0, 0.05) is 50.8 Å². The van der Waals surface area contributed by atoms with Crippen molar-refractivity contribution >= 4 is 11.6 Å². The van der Waals surface area contributed by atoms with Crippen LogP contribution in [-0.4, -0.2) is 69.3 Å². The van der Waals surface area contributed by atoms with Crippen LogP contribution in [-0.2, 0) is 0 Å². The molecule has 0 aromatic heterocycles. The Hall–Kier alpha value is -0.810. The topological polar surface area (TPSA) is 27.7 Å². The molecule has 1 saturated heterocycles. The fraction of sp³-hybridized carbons (Fsp3) is 0.600. The van der Waals surface area contributed by atoms with E-state index in [1.54, 1.807) is 0 Å². The van der Waals surface area contributed by atoms with Crippen molar-refractivity contribution in [1.82, 2.24) is 15.1 Å². The van der Waals surface area contributed by atoms with Crippen LogP contribution < -0.4 is 10.1 Å². The lowest BCUT2D eigenvalue weighted by molar-refractivity contribution is 0.187. The molecule has 112 valence electrons. The second-order valence-electron chi connectivity index (χ2n) is 5.20. The summed E-state index contributed by atoms with van der Waals surface area (Å²) in [5, 5.41) is 4.12. The summed E-state index contributed by atoms with van der Waals surface area (Å²) in [5.41, 5.74) is 0. The molecule has 1 aliphatic rings. The Morgan fingerprint density at radius 2 is 1.90 bits per heavy atom. The van der Waals surface area contributed by atoms with Crippen LogP contribution in [0.4, 0.5) is 0 Å². The molecule has 5 heteroatoms. The Labute approximate surface area is 126 Å². The van der Waals surface area contributed by atoms with Crippen LogP contribution in [0.5, 0.6) is 5.75 Å². The molecule has 1 fully saturated rings. The molecule has 1 N–H and O–H groups in total. The van der Waals surface area contributed by atoms with Crippen molar-refractivity contribution in [2.24, 2.45) is 0 Å². The van der Waals surface area contributed by atoms with Gasteiger partial charge in [0.05, 0.1) is 0 Å². The number of benzene rings is 1. The zero-order valence-electron chi connectivity index (χ0n) is 12.1. The smallest absolute Gasteiger partial charge is 0.119 e. The van der Waals surface area contributed by atoms with E-state index in [0.717, 1.165) is 56.6 Å². The average Bonchev–Trinajstić information content (AvgIpc) is 2.48. The molecular formula is C15H24ClN3O. The number of rotatable bonds is 7. The van der Waals surface area contributed by atoms with Crippen LogP contribution in [0.25, 0.3) is 0 Å². The summed E-state index contributed by atoms with van der Waals surface area (Å²) < 4.78 is 5.70. The number of piperazine rings is 1. The van der Waals surface area contributed by atoms with Crippen LogP contribution >= 0.6 is 11.6 Å². The molecule has 0 radical (unpaired) electrons. The monoisotopic (exact) mass is 297 g/mol. The Balaban J connectivity index is 1.57. The number of ether oxygens (including phenoxy) is 1. The molecule has 4 nitrogen and oxygen atoms in total. The van der Waals surface area contributed by atoms with E-state index in [0.29, 0.717) is 6.61 Å². The van der Waals surface area contributed by atoms with Crippen LogP contribution in [0.15, 0.2) is 24.3 Å². The molecular weight excluding hydrogens is 274 g/mol. The molecule has 0 amide bonds. The van der Waals surface area contributed by atoms with E-state index in [4.69, 9.17) is 16.3 Å². The summed E-state index contributed by atoms with van der Waals surface area (Å²) in [4.78, 5) is 4.82. The molecule has 0 bridgehead atoms. The maximum absolute atomic E-state index is 5.84. The van der Waals surface area contributed by atoms with Crippen molar-refractivity contribution in [3.05, 3.63) is 29.3 Å². The van der Waals surface area contributed by atoms with Gasteiger partial charge in [-0.05, 0) is 31.3 Å². The molecule has 2 rings (SSSR count). The third-order valence-corrected chi connectivity index (χ3v) is 3.81. The quantitative estimate of drug-likeness (QED) is 0.826. The zero-order valence-corrected chi connectivity index (χ0v) is 12.9. The van der Waals surface area contributed by atoms with Gasteiger partial charge >= 0.3 is 0 Å². The van der Waals surface area contributed by atoms with Gasteiger partial charge in [-0.1, -0.05) is 11.6 Å². The molecule has 1 heterocycles. The van der Waals surface area contributed by atoms with Gasteiger partial charge in [0.15, 0.2) is 0 Å². The van der Waals surface area contributed by atoms with Gasteiger partial charge in [-0.3, -0.25) is 4.90 Å². The summed E-state index contributed by atoms with van der Waals surface area (Å²) in [6.07, 6.45) is 0. The molecule has 0 aliphatic carbocycles. The SMILES string of the molecule is CN(CCOc1ccc(Cl)cc1)CCN1CCNCC1. The molecule has 0 unspecified atom stereocenters. The normalized spacial score (nSPS) is 16.6. The predicted molar refractivity (Wildman–Crippen MR) is 83.8 cm³/mol. The lowest BCUT2D eigenvalue weighted by Crippen LogP contribution is -2.46. The first-order chi connectivity index (χ1) is 9.74. The van der Waals surface area contributed by atoms with Crippen LogP contribution in [0.2, 0.25) is 5.02 Å². The van der Waals surface area contributed by atoms with Gasteiger partial charge in [-0.2, -0.15) is 0 Å². The van der Waals surface area contributed by atoms with Crippen molar-refractivity contribution in [3.63, 3.8) is 0 Å². The summed E-state index contributed by atoms with van der Waals surface area (Å²) >= 11 is 5.84. The predicted octanol–water partition coefficient (Wildman–Crippen LogP) is 1.56. The summed E-state index contributed by atoms with van der Waals surface area (Å²) in [7, 11) is 2.15. The van der Waals surface area contributed by atoms with Gasteiger partial charge in [-0.15, -0.1) is 0 Å². The van der Waals surface area contributed by atoms with Crippen molar-refractivity contribution in [1.29, 1.82) is 0 Å². The summed E-state index contributed by atoms with van der Waals surface area (Å²) in [5.74, 6) is 0.880. The van der Waals surface area contributed by atoms with Crippen LogP contribution in [0, 0.1) is 0 Å². The molecule has 1 aromatic carbocycles. The maximum atomic E-state index is 5.84. The molecule has 0 atom stereocenters. The first-order valence-electron chi connectivity index (χ1n) is 7.24. The van der Waals surface area contributed by atoms with Crippen molar-refractivity contribution in [3.8, 4) is 5.75 Å². The van der Waals surface area contributed by atoms with E-state index in [9.17, 15) is 0 Å². The van der Waals surface area contributed by atoms with Gasteiger partial charge in [0.25, 0.3) is 0 Å². The highest BCUT2D eigenvalue weighted by atomic mass is 35.5. The highest BCUT2D eigenvalue weighted by Gasteiger charge is 2.09. The van der Waals surface area contributed by atoms with Crippen molar-refractivity contribution in [2.75, 3.05) is 59.5 Å². The lowest BCUT2D eigenvalue weighted by Gasteiger charge is -2.29. The molecule has 0 spiro atoms. The fourth-order valence-electron chi connectivity index (χ4n) is 2.21. The third kappa shape index (κ3) is 5.67. The van der Waals surface area contributed by atoms with E-state index < -0.39 is 0 Å². The van der Waals surface area contributed by atoms with E-state index in [1.165, 1.54) is 0 Å². The molecule has 0 saturated carbocycles. The second-order valence-corrected chi connectivity index (χ2v) is 5.63. The number of nitrogens with zero attached hydrogens (tertiary/aromatic N) is 2. The van der Waals surface area contributed by atoms with E-state index >= 15 is 0 Å². The Morgan fingerprint density at radius 1 is 1.20 bits per heavy atom. The molecule has 1 aliphatic heterocycles. The number of likely N-dealkylation sites (N-methyl/N-ethyl adjacent to an activating group) is 1. The standard InChI is InChI=1S/C15H24ClN3O/c1-18(10-11-19-8-6-17-7-9-19)12-13-20-15-4-2-14(16)3-5-15/h2-5,17H,6-13H2,1H3. The Bertz CT molecular complexity index is 379. The number of nitrogens with one attached hydrogen (secondary N) is 1. The number of hydrogen-bond donors (Lipinski definition) is 1. The Kier molecular flexibility index (Phi) is 6.60. The maximum Gasteiger partial charge on any atom is 0.119 e. The second kappa shape index (κ2) is 8.47. The first kappa shape index (κ1) is 15.6. The summed E-state index contributed by atoms with van der Waals surface area (Å²) in [6.45, 7) is 8.43. The highest BCUT2D eigenvalue weighted by molar-refractivity contribution is 6.30. The van der Waals surface area contributed by atoms with Gasteiger partial charge in [0.2, 0.25) is 0 Å². The minimum absolute atomic E-state index is 0.708. The minimum Gasteiger partial charge on any atom is -0.492 e. The van der Waals surface area contributed by atoms with E-state index in [1.807, 2.05) is 24.3 Å². The van der Waals surface area contributed by atoms with Gasteiger partial charge in [-0.25, -0.2) is 0 Å². The van der Waals surface area contributed by atoms with E-state index in [-0.39, 0.29) is 0 Å². The van der Waals surface area contributed by atoms with Crippen LogP contribution in [0.1, 0.15) is 0 Å². The number of hydrogen-bond acceptors (Lipinski definition) is 4. The lowest BCUT2D eigenvalue weighted by atomic mass is 10.3. The minimum atomic E-state index is 0.708. The Morgan fingerprint density at radius 3 is 2.60 bits per heavy atom. The van der Waals surface area contributed by atoms with Crippen LogP contribution in [0.3, 0.4) is 0 Å². The molecule has 20 heavy (non-hydrogen) atoms. The highest BCUT2D eigenvalue weighted by Crippen LogP contribution is 2.15. The van der Waals surface area contributed by atoms with Gasteiger partial charge < -0.3 is 15.0 Å². The van der Waals surface area contributed by atoms with Gasteiger partial charge in [0.1, 0.15) is 12.4 Å². The molecule has 1 aromatic rings.